The molecule has 6 heteroatoms. The second-order valence-electron chi connectivity index (χ2n) is 5.31. The van der Waals surface area contributed by atoms with Crippen molar-refractivity contribution >= 4 is 11.9 Å². The lowest BCUT2D eigenvalue weighted by Crippen LogP contribution is -2.46. The monoisotopic (exact) mass is 257 g/mol. The molecule has 1 aliphatic heterocycles. The van der Waals surface area contributed by atoms with Gasteiger partial charge in [-0.3, -0.25) is 14.5 Å². The van der Waals surface area contributed by atoms with Gasteiger partial charge in [0.2, 0.25) is 5.91 Å². The molecule has 6 nitrogen and oxygen atoms in total. The van der Waals surface area contributed by atoms with Crippen LogP contribution in [0.25, 0.3) is 0 Å². The zero-order valence-corrected chi connectivity index (χ0v) is 11.2. The lowest BCUT2D eigenvalue weighted by Gasteiger charge is -2.27. The summed E-state index contributed by atoms with van der Waals surface area (Å²) in [5.74, 6) is -1.14. The van der Waals surface area contributed by atoms with Crippen LogP contribution in [-0.2, 0) is 9.59 Å². The van der Waals surface area contributed by atoms with Crippen LogP contribution in [0.2, 0.25) is 0 Å². The Hall–Kier alpha value is -1.14. The molecule has 18 heavy (non-hydrogen) atoms. The van der Waals surface area contributed by atoms with E-state index in [1.165, 1.54) is 0 Å². The van der Waals surface area contributed by atoms with Crippen LogP contribution in [0.5, 0.6) is 0 Å². The summed E-state index contributed by atoms with van der Waals surface area (Å²) in [5.41, 5.74) is -1.00. The van der Waals surface area contributed by atoms with Gasteiger partial charge in [0.15, 0.2) is 0 Å². The molecule has 0 aromatic heterocycles. The van der Waals surface area contributed by atoms with E-state index in [1.807, 2.05) is 0 Å². The molecular weight excluding hydrogens is 234 g/mol. The van der Waals surface area contributed by atoms with Crippen LogP contribution in [0.3, 0.4) is 0 Å². The van der Waals surface area contributed by atoms with Crippen molar-refractivity contribution in [3.8, 4) is 0 Å². The Morgan fingerprint density at radius 1 is 1.33 bits per heavy atom. The van der Waals surface area contributed by atoms with Crippen molar-refractivity contribution in [2.45, 2.75) is 20.3 Å². The molecule has 0 saturated carbocycles. The third kappa shape index (κ3) is 5.01. The molecule has 0 bridgehead atoms. The van der Waals surface area contributed by atoms with E-state index in [1.54, 1.807) is 13.8 Å². The molecule has 1 amide bonds. The highest BCUT2D eigenvalue weighted by atomic mass is 16.4. The first kappa shape index (κ1) is 14.9. The van der Waals surface area contributed by atoms with E-state index >= 15 is 0 Å². The number of carbonyl (C=O) groups excluding carboxylic acids is 1. The van der Waals surface area contributed by atoms with Crippen molar-refractivity contribution in [3.63, 3.8) is 0 Å². The highest BCUT2D eigenvalue weighted by molar-refractivity contribution is 5.84. The number of hydrogen-bond acceptors (Lipinski definition) is 4. The zero-order chi connectivity index (χ0) is 13.6. The SMILES string of the molecule is CC(C)(CC(=O)NCCN1CCNCC1)C(=O)O. The van der Waals surface area contributed by atoms with Crippen molar-refractivity contribution in [3.05, 3.63) is 0 Å². The van der Waals surface area contributed by atoms with E-state index in [0.717, 1.165) is 32.7 Å². The first-order valence-corrected chi connectivity index (χ1v) is 6.35. The van der Waals surface area contributed by atoms with Gasteiger partial charge in [-0.1, -0.05) is 0 Å². The van der Waals surface area contributed by atoms with Crippen molar-refractivity contribution in [2.24, 2.45) is 5.41 Å². The number of carbonyl (C=O) groups is 2. The second-order valence-corrected chi connectivity index (χ2v) is 5.31. The molecule has 0 unspecified atom stereocenters. The first-order valence-electron chi connectivity index (χ1n) is 6.35. The third-order valence-electron chi connectivity index (χ3n) is 3.14. The van der Waals surface area contributed by atoms with Crippen LogP contribution >= 0.6 is 0 Å². The molecule has 0 aromatic carbocycles. The van der Waals surface area contributed by atoms with Crippen molar-refractivity contribution in [1.82, 2.24) is 15.5 Å². The fourth-order valence-corrected chi connectivity index (χ4v) is 1.83. The number of rotatable bonds is 6. The summed E-state index contributed by atoms with van der Waals surface area (Å²) in [6.07, 6.45) is 0.0177. The first-order chi connectivity index (χ1) is 8.42. The predicted molar refractivity (Wildman–Crippen MR) is 68.4 cm³/mol. The quantitative estimate of drug-likeness (QED) is 0.598. The van der Waals surface area contributed by atoms with Gasteiger partial charge in [0, 0.05) is 45.7 Å². The lowest BCUT2D eigenvalue weighted by molar-refractivity contribution is -0.149. The Morgan fingerprint density at radius 2 is 1.94 bits per heavy atom. The molecular formula is C12H23N3O3. The third-order valence-corrected chi connectivity index (χ3v) is 3.14. The summed E-state index contributed by atoms with van der Waals surface area (Å²) in [7, 11) is 0. The maximum Gasteiger partial charge on any atom is 0.309 e. The Morgan fingerprint density at radius 3 is 2.50 bits per heavy atom. The lowest BCUT2D eigenvalue weighted by atomic mass is 9.89. The minimum atomic E-state index is -1.00. The van der Waals surface area contributed by atoms with Gasteiger partial charge in [-0.25, -0.2) is 0 Å². The Balaban J connectivity index is 2.18. The van der Waals surface area contributed by atoms with Gasteiger partial charge in [-0.15, -0.1) is 0 Å². The van der Waals surface area contributed by atoms with Gasteiger partial charge in [0.25, 0.3) is 0 Å². The van der Waals surface area contributed by atoms with Crippen LogP contribution in [0.4, 0.5) is 0 Å². The van der Waals surface area contributed by atoms with E-state index in [2.05, 4.69) is 15.5 Å². The van der Waals surface area contributed by atoms with Crippen LogP contribution in [0.1, 0.15) is 20.3 Å². The van der Waals surface area contributed by atoms with E-state index in [4.69, 9.17) is 5.11 Å². The van der Waals surface area contributed by atoms with Gasteiger partial charge in [-0.2, -0.15) is 0 Å². The summed E-state index contributed by atoms with van der Waals surface area (Å²) >= 11 is 0. The van der Waals surface area contributed by atoms with E-state index < -0.39 is 11.4 Å². The largest absolute Gasteiger partial charge is 0.481 e. The number of aliphatic carboxylic acids is 1. The summed E-state index contributed by atoms with van der Waals surface area (Å²) in [6, 6.07) is 0. The molecule has 104 valence electrons. The zero-order valence-electron chi connectivity index (χ0n) is 11.2. The topological polar surface area (TPSA) is 81.7 Å². The Bertz CT molecular complexity index is 299. The smallest absolute Gasteiger partial charge is 0.309 e. The molecule has 0 radical (unpaired) electrons. The number of piperazine rings is 1. The molecule has 1 heterocycles. The van der Waals surface area contributed by atoms with Crippen molar-refractivity contribution in [1.29, 1.82) is 0 Å². The maximum atomic E-state index is 11.6. The van der Waals surface area contributed by atoms with Crippen LogP contribution < -0.4 is 10.6 Å². The molecule has 1 saturated heterocycles. The number of nitrogens with zero attached hydrogens (tertiary/aromatic N) is 1. The molecule has 1 aliphatic rings. The second kappa shape index (κ2) is 6.70. The average molecular weight is 257 g/mol. The minimum Gasteiger partial charge on any atom is -0.481 e. The Labute approximate surface area is 108 Å². The average Bonchev–Trinajstić information content (AvgIpc) is 2.29. The van der Waals surface area contributed by atoms with E-state index in [0.29, 0.717) is 6.54 Å². The standard InChI is InChI=1S/C12H23N3O3/c1-12(2,11(17)18)9-10(16)14-5-8-15-6-3-13-4-7-15/h13H,3-9H2,1-2H3,(H,14,16)(H,17,18). The number of hydrogen-bond donors (Lipinski definition) is 3. The van der Waals surface area contributed by atoms with E-state index in [9.17, 15) is 9.59 Å². The number of nitrogens with one attached hydrogen (secondary N) is 2. The number of amides is 1. The maximum absolute atomic E-state index is 11.6. The normalized spacial score (nSPS) is 17.4. The fraction of sp³-hybridized carbons (Fsp3) is 0.833. The molecule has 1 fully saturated rings. The van der Waals surface area contributed by atoms with Crippen LogP contribution in [0.15, 0.2) is 0 Å². The summed E-state index contributed by atoms with van der Waals surface area (Å²) < 4.78 is 0. The van der Waals surface area contributed by atoms with Crippen molar-refractivity contribution < 1.29 is 14.7 Å². The molecule has 0 spiro atoms. The minimum absolute atomic E-state index is 0.0177. The highest BCUT2D eigenvalue weighted by Crippen LogP contribution is 2.19. The van der Waals surface area contributed by atoms with Crippen LogP contribution in [-0.4, -0.2) is 61.2 Å². The van der Waals surface area contributed by atoms with Gasteiger partial charge in [0.1, 0.15) is 0 Å². The molecule has 0 aliphatic carbocycles. The number of carboxylic acid groups (broad SMARTS) is 1. The fourth-order valence-electron chi connectivity index (χ4n) is 1.83. The van der Waals surface area contributed by atoms with Crippen molar-refractivity contribution in [2.75, 3.05) is 39.3 Å². The number of carboxylic acids is 1. The van der Waals surface area contributed by atoms with Crippen LogP contribution in [0, 0.1) is 5.41 Å². The summed E-state index contributed by atoms with van der Waals surface area (Å²) in [6.45, 7) is 8.48. The molecule has 1 rings (SSSR count). The van der Waals surface area contributed by atoms with Gasteiger partial charge in [0.05, 0.1) is 5.41 Å². The van der Waals surface area contributed by atoms with Gasteiger partial charge < -0.3 is 15.7 Å². The summed E-state index contributed by atoms with van der Waals surface area (Å²) in [5, 5.41) is 15.0. The molecule has 0 aromatic rings. The molecule has 3 N–H and O–H groups in total. The van der Waals surface area contributed by atoms with Gasteiger partial charge >= 0.3 is 5.97 Å². The van der Waals surface area contributed by atoms with Gasteiger partial charge in [-0.05, 0) is 13.8 Å². The highest BCUT2D eigenvalue weighted by Gasteiger charge is 2.29. The predicted octanol–water partition coefficient (Wildman–Crippen LogP) is -0.491. The molecule has 0 atom stereocenters. The summed E-state index contributed by atoms with van der Waals surface area (Å²) in [4.78, 5) is 24.8. The Kier molecular flexibility index (Phi) is 5.55. The van der Waals surface area contributed by atoms with E-state index in [-0.39, 0.29) is 12.3 Å².